The molecule has 172 valence electrons. The minimum absolute atomic E-state index is 0.0355. The lowest BCUT2D eigenvalue weighted by Gasteiger charge is -2.44. The van der Waals surface area contributed by atoms with Crippen molar-refractivity contribution in [1.82, 2.24) is 10.2 Å². The van der Waals surface area contributed by atoms with Crippen LogP contribution < -0.4 is 5.32 Å². The quantitative estimate of drug-likeness (QED) is 0.570. The van der Waals surface area contributed by atoms with E-state index in [4.69, 9.17) is 4.74 Å². The Morgan fingerprint density at radius 2 is 1.88 bits per heavy atom. The van der Waals surface area contributed by atoms with Crippen molar-refractivity contribution in [1.29, 1.82) is 0 Å². The SMILES string of the molecule is CO[C@H]1[C@H](NC(=O)Cc2cccs2)c2ccccc2C12CCN(Cc1ccccc1O)CC2. The van der Waals surface area contributed by atoms with Gasteiger partial charge in [-0.2, -0.15) is 0 Å². The molecule has 1 saturated heterocycles. The van der Waals surface area contributed by atoms with Crippen molar-refractivity contribution in [3.8, 4) is 5.75 Å². The fourth-order valence-electron chi connectivity index (χ4n) is 5.72. The Morgan fingerprint density at radius 1 is 1.12 bits per heavy atom. The van der Waals surface area contributed by atoms with E-state index in [1.165, 1.54) is 11.1 Å². The molecule has 0 unspecified atom stereocenters. The summed E-state index contributed by atoms with van der Waals surface area (Å²) in [5.41, 5.74) is 3.32. The van der Waals surface area contributed by atoms with Crippen LogP contribution in [0.15, 0.2) is 66.0 Å². The number of hydrogen-bond donors (Lipinski definition) is 2. The van der Waals surface area contributed by atoms with Crippen molar-refractivity contribution in [3.05, 3.63) is 87.6 Å². The number of nitrogens with zero attached hydrogens (tertiary/aromatic N) is 1. The van der Waals surface area contributed by atoms with Gasteiger partial charge in [-0.15, -0.1) is 11.3 Å². The number of rotatable bonds is 6. The third-order valence-corrected chi connectivity index (χ3v) is 8.18. The number of phenols is 1. The number of amides is 1. The number of ether oxygens (including phenoxy) is 1. The zero-order chi connectivity index (χ0) is 22.8. The molecule has 2 atom stereocenters. The standard InChI is InChI=1S/C27H30N2O3S/c1-32-26-25(28-24(31)17-20-8-6-16-33-20)21-9-3-4-10-22(21)27(26)12-14-29(15-13-27)18-19-7-2-5-11-23(19)30/h2-11,16,25-26,30H,12-15,17-18H2,1H3,(H,28,31)/t25-,26+/m1/s1. The number of fused-ring (bicyclic) bond motifs is 2. The Hall–Kier alpha value is -2.67. The Bertz CT molecular complexity index is 1110. The number of likely N-dealkylation sites (tertiary alicyclic amines) is 1. The van der Waals surface area contributed by atoms with Gasteiger partial charge in [0, 0.05) is 29.5 Å². The predicted octanol–water partition coefficient (Wildman–Crippen LogP) is 4.42. The molecule has 2 aromatic carbocycles. The third-order valence-electron chi connectivity index (χ3n) is 7.30. The summed E-state index contributed by atoms with van der Waals surface area (Å²) in [5, 5.41) is 15.5. The van der Waals surface area contributed by atoms with Crippen LogP contribution in [0.25, 0.3) is 0 Å². The molecular formula is C27H30N2O3S. The van der Waals surface area contributed by atoms with Crippen molar-refractivity contribution in [3.63, 3.8) is 0 Å². The van der Waals surface area contributed by atoms with E-state index in [2.05, 4.69) is 34.5 Å². The first-order chi connectivity index (χ1) is 16.1. The number of nitrogens with one attached hydrogen (secondary N) is 1. The topological polar surface area (TPSA) is 61.8 Å². The molecule has 2 aliphatic rings. The fourth-order valence-corrected chi connectivity index (χ4v) is 6.42. The second-order valence-electron chi connectivity index (χ2n) is 9.11. The number of carbonyl (C=O) groups is 1. The Morgan fingerprint density at radius 3 is 2.61 bits per heavy atom. The highest BCUT2D eigenvalue weighted by atomic mass is 32.1. The highest BCUT2D eigenvalue weighted by Gasteiger charge is 2.53. The molecule has 2 heterocycles. The number of benzene rings is 2. The number of para-hydroxylation sites is 1. The van der Waals surface area contributed by atoms with E-state index in [0.29, 0.717) is 12.2 Å². The summed E-state index contributed by atoms with van der Waals surface area (Å²) >= 11 is 1.61. The molecule has 1 spiro atoms. The molecule has 3 aromatic rings. The van der Waals surface area contributed by atoms with Crippen molar-refractivity contribution in [2.24, 2.45) is 0 Å². The smallest absolute Gasteiger partial charge is 0.225 e. The molecule has 33 heavy (non-hydrogen) atoms. The van der Waals surface area contributed by atoms with E-state index in [-0.39, 0.29) is 23.5 Å². The van der Waals surface area contributed by atoms with Gasteiger partial charge in [0.25, 0.3) is 0 Å². The summed E-state index contributed by atoms with van der Waals surface area (Å²) in [6.45, 7) is 2.57. The maximum atomic E-state index is 12.9. The Labute approximate surface area is 199 Å². The van der Waals surface area contributed by atoms with Gasteiger partial charge in [-0.3, -0.25) is 9.69 Å². The van der Waals surface area contributed by atoms with E-state index < -0.39 is 0 Å². The number of phenolic OH excluding ortho intramolecular Hbond substituents is 1. The third kappa shape index (κ3) is 4.19. The van der Waals surface area contributed by atoms with E-state index in [1.807, 2.05) is 35.7 Å². The molecule has 2 N–H and O–H groups in total. The minimum Gasteiger partial charge on any atom is -0.508 e. The maximum absolute atomic E-state index is 12.9. The molecule has 5 rings (SSSR count). The predicted molar refractivity (Wildman–Crippen MR) is 130 cm³/mol. The van der Waals surface area contributed by atoms with Crippen molar-refractivity contribution < 1.29 is 14.6 Å². The maximum Gasteiger partial charge on any atom is 0.225 e. The van der Waals surface area contributed by atoms with E-state index in [1.54, 1.807) is 24.5 Å². The normalized spacial score (nSPS) is 21.7. The Balaban J connectivity index is 1.35. The number of carbonyl (C=O) groups excluding carboxylic acids is 1. The fraction of sp³-hybridized carbons (Fsp3) is 0.370. The molecule has 5 nitrogen and oxygen atoms in total. The zero-order valence-electron chi connectivity index (χ0n) is 18.9. The Kier molecular flexibility index (Phi) is 6.23. The largest absolute Gasteiger partial charge is 0.508 e. The molecule has 1 amide bonds. The molecular weight excluding hydrogens is 432 g/mol. The van der Waals surface area contributed by atoms with E-state index in [0.717, 1.165) is 42.9 Å². The van der Waals surface area contributed by atoms with Crippen LogP contribution >= 0.6 is 11.3 Å². The lowest BCUT2D eigenvalue weighted by molar-refractivity contribution is -0.122. The van der Waals surface area contributed by atoms with Crippen LogP contribution in [0, 0.1) is 0 Å². The number of piperidine rings is 1. The molecule has 1 aliphatic carbocycles. The van der Waals surface area contributed by atoms with Crippen LogP contribution in [0.2, 0.25) is 0 Å². The summed E-state index contributed by atoms with van der Waals surface area (Å²) in [6.07, 6.45) is 2.20. The van der Waals surface area contributed by atoms with Crippen molar-refractivity contribution in [2.75, 3.05) is 20.2 Å². The van der Waals surface area contributed by atoms with Gasteiger partial charge in [0.1, 0.15) is 5.75 Å². The number of hydrogen-bond acceptors (Lipinski definition) is 5. The van der Waals surface area contributed by atoms with Crippen LogP contribution in [0.3, 0.4) is 0 Å². The van der Waals surface area contributed by atoms with E-state index in [9.17, 15) is 9.90 Å². The first-order valence-corrected chi connectivity index (χ1v) is 12.4. The van der Waals surface area contributed by atoms with E-state index >= 15 is 0 Å². The molecule has 0 radical (unpaired) electrons. The zero-order valence-corrected chi connectivity index (χ0v) is 19.7. The van der Waals surface area contributed by atoms with Gasteiger partial charge in [0.05, 0.1) is 18.6 Å². The molecule has 0 saturated carbocycles. The lowest BCUT2D eigenvalue weighted by atomic mass is 9.71. The first kappa shape index (κ1) is 22.1. The van der Waals surface area contributed by atoms with Gasteiger partial charge in [-0.05, 0) is 54.6 Å². The summed E-state index contributed by atoms with van der Waals surface area (Å²) in [4.78, 5) is 16.4. The second-order valence-corrected chi connectivity index (χ2v) is 10.1. The number of thiophene rings is 1. The average Bonchev–Trinajstić information content (AvgIpc) is 3.42. The van der Waals surface area contributed by atoms with Crippen molar-refractivity contribution in [2.45, 2.75) is 43.4 Å². The lowest BCUT2D eigenvalue weighted by Crippen LogP contribution is -2.50. The minimum atomic E-state index is -0.150. The highest BCUT2D eigenvalue weighted by Crippen LogP contribution is 2.52. The van der Waals surface area contributed by atoms with Crippen LogP contribution in [-0.2, 0) is 27.9 Å². The highest BCUT2D eigenvalue weighted by molar-refractivity contribution is 7.10. The molecule has 1 fully saturated rings. The summed E-state index contributed by atoms with van der Waals surface area (Å²) in [6, 6.07) is 19.9. The number of methoxy groups -OCH3 is 1. The summed E-state index contributed by atoms with van der Waals surface area (Å²) in [7, 11) is 1.77. The van der Waals surface area contributed by atoms with Gasteiger partial charge >= 0.3 is 0 Å². The van der Waals surface area contributed by atoms with Gasteiger partial charge < -0.3 is 15.2 Å². The van der Waals surface area contributed by atoms with Gasteiger partial charge in [0.2, 0.25) is 5.91 Å². The van der Waals surface area contributed by atoms with Gasteiger partial charge in [0.15, 0.2) is 0 Å². The summed E-state index contributed by atoms with van der Waals surface area (Å²) in [5.74, 6) is 0.389. The van der Waals surface area contributed by atoms with Gasteiger partial charge in [-0.25, -0.2) is 0 Å². The van der Waals surface area contributed by atoms with Gasteiger partial charge in [-0.1, -0.05) is 48.5 Å². The molecule has 1 aliphatic heterocycles. The van der Waals surface area contributed by atoms with Crippen LogP contribution in [-0.4, -0.2) is 42.2 Å². The summed E-state index contributed by atoms with van der Waals surface area (Å²) < 4.78 is 6.14. The van der Waals surface area contributed by atoms with Crippen molar-refractivity contribution >= 4 is 17.2 Å². The van der Waals surface area contributed by atoms with Crippen LogP contribution in [0.1, 0.15) is 40.5 Å². The molecule has 1 aromatic heterocycles. The van der Waals surface area contributed by atoms with Crippen LogP contribution in [0.4, 0.5) is 0 Å². The average molecular weight is 463 g/mol. The monoisotopic (exact) mass is 462 g/mol. The molecule has 6 heteroatoms. The molecule has 0 bridgehead atoms. The second kappa shape index (κ2) is 9.29. The van der Waals surface area contributed by atoms with Crippen LogP contribution in [0.5, 0.6) is 5.75 Å². The number of aromatic hydroxyl groups is 1. The first-order valence-electron chi connectivity index (χ1n) is 11.5.